The Morgan fingerprint density at radius 1 is 1.35 bits per heavy atom. The SMILES string of the molecule is CCOCc1ccc(CNC(=O)C2CCNC2)cc1.Cl. The quantitative estimate of drug-likeness (QED) is 0.843. The maximum absolute atomic E-state index is 11.9. The number of rotatable bonds is 6. The van der Waals surface area contributed by atoms with E-state index in [1.807, 2.05) is 31.2 Å². The molecule has 20 heavy (non-hydrogen) atoms. The van der Waals surface area contributed by atoms with E-state index in [-0.39, 0.29) is 24.2 Å². The van der Waals surface area contributed by atoms with Crippen molar-refractivity contribution in [3.63, 3.8) is 0 Å². The van der Waals surface area contributed by atoms with Gasteiger partial charge in [-0.3, -0.25) is 4.79 Å². The van der Waals surface area contributed by atoms with Crippen LogP contribution >= 0.6 is 12.4 Å². The largest absolute Gasteiger partial charge is 0.377 e. The summed E-state index contributed by atoms with van der Waals surface area (Å²) < 4.78 is 5.35. The molecule has 0 radical (unpaired) electrons. The number of amides is 1. The maximum Gasteiger partial charge on any atom is 0.224 e. The second kappa shape index (κ2) is 8.95. The van der Waals surface area contributed by atoms with Crippen LogP contribution in [0.15, 0.2) is 24.3 Å². The summed E-state index contributed by atoms with van der Waals surface area (Å²) in [6.45, 7) is 5.72. The maximum atomic E-state index is 11.9. The van der Waals surface area contributed by atoms with Crippen LogP contribution in [0.1, 0.15) is 24.5 Å². The molecule has 112 valence electrons. The van der Waals surface area contributed by atoms with Gasteiger partial charge in [0.2, 0.25) is 5.91 Å². The summed E-state index contributed by atoms with van der Waals surface area (Å²) in [7, 11) is 0. The van der Waals surface area contributed by atoms with Gasteiger partial charge in [0.05, 0.1) is 12.5 Å². The fourth-order valence-corrected chi connectivity index (χ4v) is 2.19. The third-order valence-electron chi connectivity index (χ3n) is 3.39. The van der Waals surface area contributed by atoms with E-state index in [2.05, 4.69) is 10.6 Å². The molecule has 0 bridgehead atoms. The number of benzene rings is 1. The van der Waals surface area contributed by atoms with Gasteiger partial charge in [-0.25, -0.2) is 0 Å². The Morgan fingerprint density at radius 3 is 2.65 bits per heavy atom. The number of carbonyl (C=O) groups excluding carboxylic acids is 1. The zero-order valence-electron chi connectivity index (χ0n) is 11.9. The molecule has 0 aliphatic carbocycles. The predicted molar refractivity (Wildman–Crippen MR) is 81.8 cm³/mol. The molecule has 1 saturated heterocycles. The number of carbonyl (C=O) groups is 1. The summed E-state index contributed by atoms with van der Waals surface area (Å²) >= 11 is 0. The minimum atomic E-state index is 0. The summed E-state index contributed by atoms with van der Waals surface area (Å²) in [6, 6.07) is 8.19. The number of nitrogens with one attached hydrogen (secondary N) is 2. The normalized spacial score (nSPS) is 17.6. The molecule has 0 saturated carbocycles. The highest BCUT2D eigenvalue weighted by Gasteiger charge is 2.21. The van der Waals surface area contributed by atoms with Gasteiger partial charge in [-0.05, 0) is 31.0 Å². The van der Waals surface area contributed by atoms with Gasteiger partial charge in [0.1, 0.15) is 0 Å². The van der Waals surface area contributed by atoms with Gasteiger partial charge in [0.15, 0.2) is 0 Å². The summed E-state index contributed by atoms with van der Waals surface area (Å²) in [6.07, 6.45) is 0.944. The van der Waals surface area contributed by atoms with Crippen molar-refractivity contribution in [3.05, 3.63) is 35.4 Å². The first kappa shape index (κ1) is 17.0. The highest BCUT2D eigenvalue weighted by atomic mass is 35.5. The van der Waals surface area contributed by atoms with E-state index in [1.54, 1.807) is 0 Å². The van der Waals surface area contributed by atoms with E-state index in [0.717, 1.165) is 37.2 Å². The van der Waals surface area contributed by atoms with Crippen LogP contribution in [0.5, 0.6) is 0 Å². The summed E-state index contributed by atoms with van der Waals surface area (Å²) in [5, 5.41) is 6.20. The molecule has 1 aromatic rings. The minimum Gasteiger partial charge on any atom is -0.377 e. The lowest BCUT2D eigenvalue weighted by atomic mass is 10.1. The van der Waals surface area contributed by atoms with Gasteiger partial charge in [-0.15, -0.1) is 12.4 Å². The zero-order chi connectivity index (χ0) is 13.5. The van der Waals surface area contributed by atoms with E-state index < -0.39 is 0 Å². The van der Waals surface area contributed by atoms with E-state index in [0.29, 0.717) is 13.2 Å². The van der Waals surface area contributed by atoms with Crippen LogP contribution in [0.3, 0.4) is 0 Å². The van der Waals surface area contributed by atoms with E-state index >= 15 is 0 Å². The Bertz CT molecular complexity index is 403. The Balaban J connectivity index is 0.00000200. The molecule has 2 N–H and O–H groups in total. The van der Waals surface area contributed by atoms with Gasteiger partial charge >= 0.3 is 0 Å². The summed E-state index contributed by atoms with van der Waals surface area (Å²) in [5.41, 5.74) is 2.29. The molecule has 1 atom stereocenters. The van der Waals surface area contributed by atoms with E-state index in [9.17, 15) is 4.79 Å². The molecule has 5 heteroatoms. The van der Waals surface area contributed by atoms with Crippen LogP contribution in [0.4, 0.5) is 0 Å². The van der Waals surface area contributed by atoms with Crippen molar-refractivity contribution < 1.29 is 9.53 Å². The molecule has 1 aliphatic rings. The van der Waals surface area contributed by atoms with Crippen molar-refractivity contribution in [1.29, 1.82) is 0 Å². The van der Waals surface area contributed by atoms with Crippen LogP contribution < -0.4 is 10.6 Å². The third-order valence-corrected chi connectivity index (χ3v) is 3.39. The lowest BCUT2D eigenvalue weighted by Crippen LogP contribution is -2.31. The highest BCUT2D eigenvalue weighted by molar-refractivity contribution is 5.85. The number of halogens is 1. The Labute approximate surface area is 126 Å². The second-order valence-corrected chi connectivity index (χ2v) is 4.86. The molecular formula is C15H23ClN2O2. The Kier molecular flexibility index (Phi) is 7.59. The van der Waals surface area contributed by atoms with Gasteiger partial charge in [0.25, 0.3) is 0 Å². The third kappa shape index (κ3) is 5.12. The molecular weight excluding hydrogens is 276 g/mol. The molecule has 1 amide bonds. The van der Waals surface area contributed by atoms with E-state index in [1.165, 1.54) is 0 Å². The van der Waals surface area contributed by atoms with Gasteiger partial charge < -0.3 is 15.4 Å². The predicted octanol–water partition coefficient (Wildman–Crippen LogP) is 1.87. The lowest BCUT2D eigenvalue weighted by molar-refractivity contribution is -0.124. The topological polar surface area (TPSA) is 50.4 Å². The molecule has 1 aromatic carbocycles. The van der Waals surface area contributed by atoms with Crippen LogP contribution in [0.2, 0.25) is 0 Å². The number of hydrogen-bond donors (Lipinski definition) is 2. The molecule has 1 unspecified atom stereocenters. The van der Waals surface area contributed by atoms with Crippen molar-refractivity contribution in [1.82, 2.24) is 10.6 Å². The standard InChI is InChI=1S/C15H22N2O2.ClH/c1-2-19-11-13-5-3-12(4-6-13)9-17-15(18)14-7-8-16-10-14;/h3-6,14,16H,2,7-11H2,1H3,(H,17,18);1H. The monoisotopic (exact) mass is 298 g/mol. The molecule has 1 fully saturated rings. The van der Waals surface area contributed by atoms with Crippen molar-refractivity contribution in [2.45, 2.75) is 26.5 Å². The molecule has 4 nitrogen and oxygen atoms in total. The first-order valence-corrected chi connectivity index (χ1v) is 6.93. The Hall–Kier alpha value is -1.10. The van der Waals surface area contributed by atoms with Crippen LogP contribution in [0.25, 0.3) is 0 Å². The van der Waals surface area contributed by atoms with Crippen LogP contribution in [0, 0.1) is 5.92 Å². The van der Waals surface area contributed by atoms with Crippen molar-refractivity contribution in [3.8, 4) is 0 Å². The molecule has 1 aliphatic heterocycles. The highest BCUT2D eigenvalue weighted by Crippen LogP contribution is 2.09. The summed E-state index contributed by atoms with van der Waals surface area (Å²) in [4.78, 5) is 11.9. The van der Waals surface area contributed by atoms with Crippen molar-refractivity contribution in [2.24, 2.45) is 5.92 Å². The first-order valence-electron chi connectivity index (χ1n) is 6.93. The smallest absolute Gasteiger partial charge is 0.224 e. The van der Waals surface area contributed by atoms with E-state index in [4.69, 9.17) is 4.74 Å². The van der Waals surface area contributed by atoms with Crippen molar-refractivity contribution >= 4 is 18.3 Å². The zero-order valence-corrected chi connectivity index (χ0v) is 12.7. The molecule has 0 aromatic heterocycles. The van der Waals surface area contributed by atoms with Gasteiger partial charge in [-0.1, -0.05) is 24.3 Å². The average Bonchev–Trinajstić information content (AvgIpc) is 2.98. The van der Waals surface area contributed by atoms with Gasteiger partial charge in [-0.2, -0.15) is 0 Å². The fraction of sp³-hybridized carbons (Fsp3) is 0.533. The van der Waals surface area contributed by atoms with Crippen LogP contribution in [-0.4, -0.2) is 25.6 Å². The van der Waals surface area contributed by atoms with Crippen molar-refractivity contribution in [2.75, 3.05) is 19.7 Å². The second-order valence-electron chi connectivity index (χ2n) is 4.86. The average molecular weight is 299 g/mol. The number of hydrogen-bond acceptors (Lipinski definition) is 3. The molecule has 0 spiro atoms. The minimum absolute atomic E-state index is 0. The molecule has 2 rings (SSSR count). The lowest BCUT2D eigenvalue weighted by Gasteiger charge is -2.10. The van der Waals surface area contributed by atoms with Gasteiger partial charge in [0, 0.05) is 19.7 Å². The molecule has 1 heterocycles. The number of ether oxygens (including phenoxy) is 1. The Morgan fingerprint density at radius 2 is 2.05 bits per heavy atom. The summed E-state index contributed by atoms with van der Waals surface area (Å²) in [5.74, 6) is 0.292. The first-order chi connectivity index (χ1) is 9.29. The van der Waals surface area contributed by atoms with Crippen LogP contribution in [-0.2, 0) is 22.7 Å². The fourth-order valence-electron chi connectivity index (χ4n) is 2.19.